The number of thiazole rings is 1. The zero-order chi connectivity index (χ0) is 19.2. The molecule has 3 aromatic rings. The number of amides is 3. The van der Waals surface area contributed by atoms with Gasteiger partial charge in [-0.1, -0.05) is 0 Å². The van der Waals surface area contributed by atoms with Gasteiger partial charge in [0.2, 0.25) is 0 Å². The van der Waals surface area contributed by atoms with Crippen LogP contribution in [0.3, 0.4) is 0 Å². The topological polar surface area (TPSA) is 97.1 Å². The van der Waals surface area contributed by atoms with Crippen molar-refractivity contribution in [1.29, 1.82) is 0 Å². The van der Waals surface area contributed by atoms with E-state index in [2.05, 4.69) is 21.0 Å². The highest BCUT2D eigenvalue weighted by Gasteiger charge is 2.07. The zero-order valence-electron chi connectivity index (χ0n) is 14.6. The van der Waals surface area contributed by atoms with Crippen LogP contribution in [-0.4, -0.2) is 16.9 Å². The number of primary amides is 1. The van der Waals surface area contributed by atoms with Gasteiger partial charge in [-0.3, -0.25) is 4.79 Å². The Labute approximate surface area is 165 Å². The summed E-state index contributed by atoms with van der Waals surface area (Å²) in [7, 11) is 0. The van der Waals surface area contributed by atoms with Gasteiger partial charge in [-0.15, -0.1) is 23.1 Å². The van der Waals surface area contributed by atoms with Crippen LogP contribution >= 0.6 is 23.1 Å². The number of urea groups is 1. The predicted octanol–water partition coefficient (Wildman–Crippen LogP) is 4.49. The Hall–Kier alpha value is -2.84. The number of benzene rings is 2. The average molecular weight is 399 g/mol. The molecule has 0 saturated heterocycles. The Balaban J connectivity index is 1.56. The number of aryl methyl sites for hydroxylation is 1. The number of hydrogen-bond acceptors (Lipinski definition) is 5. The van der Waals surface area contributed by atoms with E-state index in [1.807, 2.05) is 19.1 Å². The van der Waals surface area contributed by atoms with Crippen molar-refractivity contribution in [2.24, 2.45) is 5.73 Å². The number of nitrogens with two attached hydrogens (primary N) is 1. The molecule has 6 nitrogen and oxygen atoms in total. The molecule has 27 heavy (non-hydrogen) atoms. The smallest absolute Gasteiger partial charge is 0.316 e. The van der Waals surface area contributed by atoms with E-state index in [4.69, 9.17) is 5.73 Å². The highest BCUT2D eigenvalue weighted by molar-refractivity contribution is 7.98. The molecule has 0 spiro atoms. The first kappa shape index (κ1) is 18.9. The second-order valence-corrected chi connectivity index (χ2v) is 7.80. The van der Waals surface area contributed by atoms with E-state index in [9.17, 15) is 9.59 Å². The van der Waals surface area contributed by atoms with Crippen molar-refractivity contribution in [1.82, 2.24) is 4.98 Å². The lowest BCUT2D eigenvalue weighted by Crippen LogP contribution is -2.19. The molecule has 0 aliphatic carbocycles. The fourth-order valence-electron chi connectivity index (χ4n) is 2.32. The van der Waals surface area contributed by atoms with Crippen LogP contribution in [0, 0.1) is 6.92 Å². The van der Waals surface area contributed by atoms with Gasteiger partial charge in [0.25, 0.3) is 5.91 Å². The maximum absolute atomic E-state index is 12.4. The van der Waals surface area contributed by atoms with Gasteiger partial charge in [-0.25, -0.2) is 9.78 Å². The third-order valence-electron chi connectivity index (χ3n) is 3.58. The molecular weight excluding hydrogens is 380 g/mol. The SMILES string of the molecule is Cc1nc(CSc2ccc(C(=O)Nc3ccc(NC(N)=O)cc3)cc2)cs1. The Bertz CT molecular complexity index is 937. The van der Waals surface area contributed by atoms with Crippen molar-refractivity contribution >= 4 is 46.4 Å². The van der Waals surface area contributed by atoms with Crippen LogP contribution < -0.4 is 16.4 Å². The van der Waals surface area contributed by atoms with E-state index in [0.29, 0.717) is 16.9 Å². The quantitative estimate of drug-likeness (QED) is 0.533. The monoisotopic (exact) mass is 398 g/mol. The van der Waals surface area contributed by atoms with Crippen molar-refractivity contribution < 1.29 is 9.59 Å². The lowest BCUT2D eigenvalue weighted by atomic mass is 10.2. The first-order valence-corrected chi connectivity index (χ1v) is 9.98. The van der Waals surface area contributed by atoms with E-state index in [1.165, 1.54) is 0 Å². The molecule has 1 aromatic heterocycles. The molecule has 0 bridgehead atoms. The van der Waals surface area contributed by atoms with Gasteiger partial charge >= 0.3 is 6.03 Å². The van der Waals surface area contributed by atoms with E-state index in [0.717, 1.165) is 21.3 Å². The molecule has 0 saturated carbocycles. The number of thioether (sulfide) groups is 1. The van der Waals surface area contributed by atoms with Gasteiger partial charge in [0, 0.05) is 33.0 Å². The largest absolute Gasteiger partial charge is 0.351 e. The van der Waals surface area contributed by atoms with Crippen molar-refractivity contribution in [3.8, 4) is 0 Å². The first-order chi connectivity index (χ1) is 13.0. The number of aromatic nitrogens is 1. The molecule has 138 valence electrons. The Morgan fingerprint density at radius 2 is 1.67 bits per heavy atom. The fraction of sp³-hybridized carbons (Fsp3) is 0.105. The number of carbonyl (C=O) groups is 2. The summed E-state index contributed by atoms with van der Waals surface area (Å²) in [5.74, 6) is 0.610. The molecule has 0 radical (unpaired) electrons. The Morgan fingerprint density at radius 3 is 2.22 bits per heavy atom. The molecule has 0 unspecified atom stereocenters. The van der Waals surface area contributed by atoms with Crippen LogP contribution in [0.5, 0.6) is 0 Å². The molecular formula is C19H18N4O2S2. The summed E-state index contributed by atoms with van der Waals surface area (Å²) in [6.07, 6.45) is 0. The number of nitrogens with zero attached hydrogens (tertiary/aromatic N) is 1. The molecule has 0 aliphatic rings. The second-order valence-electron chi connectivity index (χ2n) is 5.69. The number of rotatable bonds is 6. The molecule has 3 rings (SSSR count). The highest BCUT2D eigenvalue weighted by Crippen LogP contribution is 2.24. The van der Waals surface area contributed by atoms with Crippen molar-refractivity contribution in [3.63, 3.8) is 0 Å². The van der Waals surface area contributed by atoms with Crippen molar-refractivity contribution in [2.75, 3.05) is 10.6 Å². The highest BCUT2D eigenvalue weighted by atomic mass is 32.2. The van der Waals surface area contributed by atoms with E-state index in [1.54, 1.807) is 59.5 Å². The molecule has 4 N–H and O–H groups in total. The molecule has 2 aromatic carbocycles. The summed E-state index contributed by atoms with van der Waals surface area (Å²) < 4.78 is 0. The van der Waals surface area contributed by atoms with Gasteiger partial charge in [0.1, 0.15) is 0 Å². The standard InChI is InChI=1S/C19H18N4O2S2/c1-12-21-16(10-26-12)11-27-17-8-2-13(3-9-17)18(24)22-14-4-6-15(7-5-14)23-19(20)25/h2-10H,11H2,1H3,(H,22,24)(H3,20,23,25). The van der Waals surface area contributed by atoms with Gasteiger partial charge in [0.15, 0.2) is 0 Å². The third-order valence-corrected chi connectivity index (χ3v) is 5.45. The molecule has 8 heteroatoms. The maximum Gasteiger partial charge on any atom is 0.316 e. The van der Waals surface area contributed by atoms with Crippen LogP contribution in [0.25, 0.3) is 0 Å². The number of nitrogens with one attached hydrogen (secondary N) is 2. The minimum Gasteiger partial charge on any atom is -0.351 e. The summed E-state index contributed by atoms with van der Waals surface area (Å²) in [6, 6.07) is 13.6. The second kappa shape index (κ2) is 8.70. The van der Waals surface area contributed by atoms with Gasteiger partial charge < -0.3 is 16.4 Å². The van der Waals surface area contributed by atoms with E-state index in [-0.39, 0.29) is 5.91 Å². The molecule has 0 aliphatic heterocycles. The normalized spacial score (nSPS) is 10.4. The molecule has 1 heterocycles. The Kier molecular flexibility index (Phi) is 6.10. The Morgan fingerprint density at radius 1 is 1.04 bits per heavy atom. The summed E-state index contributed by atoms with van der Waals surface area (Å²) in [5, 5.41) is 8.42. The average Bonchev–Trinajstić information content (AvgIpc) is 3.07. The molecule has 0 fully saturated rings. The minimum atomic E-state index is -0.630. The van der Waals surface area contributed by atoms with E-state index >= 15 is 0 Å². The number of hydrogen-bond donors (Lipinski definition) is 3. The lowest BCUT2D eigenvalue weighted by molar-refractivity contribution is 0.102. The van der Waals surface area contributed by atoms with Crippen molar-refractivity contribution in [2.45, 2.75) is 17.6 Å². The van der Waals surface area contributed by atoms with Crippen LogP contribution in [0.1, 0.15) is 21.1 Å². The maximum atomic E-state index is 12.4. The van der Waals surface area contributed by atoms with E-state index < -0.39 is 6.03 Å². The third kappa shape index (κ3) is 5.57. The fourth-order valence-corrected chi connectivity index (χ4v) is 3.83. The van der Waals surface area contributed by atoms with Gasteiger partial charge in [0.05, 0.1) is 10.7 Å². The first-order valence-electron chi connectivity index (χ1n) is 8.11. The summed E-state index contributed by atoms with van der Waals surface area (Å²) in [5.41, 5.74) is 7.90. The predicted molar refractivity (Wildman–Crippen MR) is 110 cm³/mol. The molecule has 3 amide bonds. The minimum absolute atomic E-state index is 0.197. The van der Waals surface area contributed by atoms with Crippen molar-refractivity contribution in [3.05, 3.63) is 70.2 Å². The molecule has 0 atom stereocenters. The summed E-state index contributed by atoms with van der Waals surface area (Å²) in [4.78, 5) is 28.7. The van der Waals surface area contributed by atoms with Gasteiger partial charge in [-0.05, 0) is 55.5 Å². The van der Waals surface area contributed by atoms with Crippen LogP contribution in [0.15, 0.2) is 58.8 Å². The zero-order valence-corrected chi connectivity index (χ0v) is 16.2. The summed E-state index contributed by atoms with van der Waals surface area (Å²) in [6.45, 7) is 1.99. The lowest BCUT2D eigenvalue weighted by Gasteiger charge is -2.07. The number of anilines is 2. The summed E-state index contributed by atoms with van der Waals surface area (Å²) >= 11 is 3.33. The number of carbonyl (C=O) groups excluding carboxylic acids is 2. The van der Waals surface area contributed by atoms with Gasteiger partial charge in [-0.2, -0.15) is 0 Å². The van der Waals surface area contributed by atoms with Crippen LogP contribution in [0.2, 0.25) is 0 Å². The van der Waals surface area contributed by atoms with Crippen LogP contribution in [-0.2, 0) is 5.75 Å². The van der Waals surface area contributed by atoms with Crippen LogP contribution in [0.4, 0.5) is 16.2 Å².